The van der Waals surface area contributed by atoms with Crippen molar-refractivity contribution in [3.63, 3.8) is 0 Å². The lowest BCUT2D eigenvalue weighted by Gasteiger charge is -2.42. The van der Waals surface area contributed by atoms with E-state index >= 15 is 0 Å². The molecule has 1 saturated heterocycles. The number of rotatable bonds is 8. The van der Waals surface area contributed by atoms with Crippen molar-refractivity contribution in [1.82, 2.24) is 14.4 Å². The molecule has 0 saturated carbocycles. The van der Waals surface area contributed by atoms with Crippen molar-refractivity contribution in [2.75, 3.05) is 45.7 Å². The highest BCUT2D eigenvalue weighted by Gasteiger charge is 2.32. The maximum Gasteiger partial charge on any atom is 0.419 e. The third-order valence-corrected chi connectivity index (χ3v) is 7.52. The van der Waals surface area contributed by atoms with Crippen molar-refractivity contribution in [2.24, 2.45) is 0 Å². The van der Waals surface area contributed by atoms with Crippen LogP contribution in [0.15, 0.2) is 36.5 Å². The summed E-state index contributed by atoms with van der Waals surface area (Å²) < 4.78 is 44.7. The summed E-state index contributed by atoms with van der Waals surface area (Å²) in [4.78, 5) is 41.3. The number of alkyl halides is 2. The van der Waals surface area contributed by atoms with Crippen LogP contribution in [0, 0.1) is 6.92 Å². The van der Waals surface area contributed by atoms with Gasteiger partial charge < -0.3 is 19.5 Å². The predicted molar refractivity (Wildman–Crippen MR) is 163 cm³/mol. The van der Waals surface area contributed by atoms with Crippen molar-refractivity contribution >= 4 is 34.6 Å². The lowest BCUT2D eigenvalue weighted by molar-refractivity contribution is -0.114. The number of nitrogens with zero attached hydrogens (tertiary/aromatic N) is 3. The van der Waals surface area contributed by atoms with Gasteiger partial charge in [-0.3, -0.25) is 19.2 Å². The number of piperazine rings is 1. The predicted octanol–water partition coefficient (Wildman–Crippen LogP) is 5.61. The van der Waals surface area contributed by atoms with Crippen molar-refractivity contribution in [1.29, 1.82) is 0 Å². The van der Waals surface area contributed by atoms with Crippen molar-refractivity contribution in [2.45, 2.75) is 59.2 Å². The number of methoxy groups -OCH3 is 2. The van der Waals surface area contributed by atoms with Crippen LogP contribution in [0.1, 0.15) is 60.8 Å². The van der Waals surface area contributed by atoms with E-state index in [1.807, 2.05) is 19.1 Å². The summed E-state index contributed by atoms with van der Waals surface area (Å²) in [5, 5.41) is 3.50. The molecule has 2 heterocycles. The quantitative estimate of drug-likeness (QED) is 0.327. The fraction of sp³-hybridized carbons (Fsp3) is 0.469. The van der Waals surface area contributed by atoms with Gasteiger partial charge in [0, 0.05) is 56.3 Å². The number of ether oxygens (including phenoxy) is 3. The first-order valence-electron chi connectivity index (χ1n) is 14.4. The summed E-state index contributed by atoms with van der Waals surface area (Å²) in [5.41, 5.74) is 2.86. The highest BCUT2D eigenvalue weighted by atomic mass is 19.3. The Morgan fingerprint density at radius 1 is 1.09 bits per heavy atom. The molecule has 238 valence electrons. The Bertz CT molecular complexity index is 1550. The molecule has 1 amide bonds. The molecule has 3 aromatic rings. The number of anilines is 1. The number of amides is 1. The molecular formula is C32H40F2N4O6. The zero-order valence-corrected chi connectivity index (χ0v) is 26.2. The van der Waals surface area contributed by atoms with Crippen molar-refractivity contribution in [3.8, 4) is 5.75 Å². The molecule has 1 aliphatic heterocycles. The fourth-order valence-electron chi connectivity index (χ4n) is 5.67. The number of carbonyl (C=O) groups excluding carboxylic acids is 3. The van der Waals surface area contributed by atoms with E-state index in [1.165, 1.54) is 18.6 Å². The summed E-state index contributed by atoms with van der Waals surface area (Å²) in [6.45, 7) is 9.81. The van der Waals surface area contributed by atoms with Crippen LogP contribution in [0.4, 0.5) is 19.3 Å². The van der Waals surface area contributed by atoms with Gasteiger partial charge in [0.15, 0.2) is 0 Å². The van der Waals surface area contributed by atoms with E-state index in [2.05, 4.69) is 10.2 Å². The number of hydrogen-bond donors (Lipinski definition) is 1. The average molecular weight is 615 g/mol. The molecule has 1 unspecified atom stereocenters. The number of esters is 1. The number of hydrogen-bond acceptors (Lipinski definition) is 8. The fourth-order valence-corrected chi connectivity index (χ4v) is 5.67. The minimum atomic E-state index is -2.50. The van der Waals surface area contributed by atoms with Gasteiger partial charge >= 0.3 is 12.1 Å². The van der Waals surface area contributed by atoms with Gasteiger partial charge in [-0.25, -0.2) is 18.4 Å². The van der Waals surface area contributed by atoms with E-state index in [0.29, 0.717) is 30.9 Å². The monoisotopic (exact) mass is 614 g/mol. The van der Waals surface area contributed by atoms with Gasteiger partial charge in [0.2, 0.25) is 5.91 Å². The molecule has 44 heavy (non-hydrogen) atoms. The zero-order chi connectivity index (χ0) is 32.3. The molecule has 2 aromatic carbocycles. The maximum absolute atomic E-state index is 13.5. The highest BCUT2D eigenvalue weighted by molar-refractivity contribution is 6.01. The first kappa shape index (κ1) is 32.9. The molecule has 4 rings (SSSR count). The van der Waals surface area contributed by atoms with Gasteiger partial charge in [-0.05, 0) is 63.1 Å². The Kier molecular flexibility index (Phi) is 9.94. The molecule has 0 radical (unpaired) electrons. The van der Waals surface area contributed by atoms with Gasteiger partial charge in [0.25, 0.3) is 6.43 Å². The number of benzene rings is 2. The number of halogens is 2. The number of aromatic nitrogens is 1. The minimum Gasteiger partial charge on any atom is -0.496 e. The average Bonchev–Trinajstić information content (AvgIpc) is 3.39. The number of aryl methyl sites for hydroxylation is 1. The van der Waals surface area contributed by atoms with Gasteiger partial charge in [0.1, 0.15) is 11.4 Å². The van der Waals surface area contributed by atoms with Crippen LogP contribution in [0.3, 0.4) is 0 Å². The molecule has 12 heteroatoms. The third kappa shape index (κ3) is 7.36. The molecule has 0 spiro atoms. The van der Waals surface area contributed by atoms with Gasteiger partial charge in [-0.15, -0.1) is 0 Å². The molecule has 1 fully saturated rings. The lowest BCUT2D eigenvalue weighted by Crippen LogP contribution is -2.49. The number of nitrogens with one attached hydrogen (secondary N) is 1. The minimum absolute atomic E-state index is 0.184. The maximum atomic E-state index is 13.5. The Balaban J connectivity index is 1.79. The van der Waals surface area contributed by atoms with E-state index in [0.717, 1.165) is 22.1 Å². The van der Waals surface area contributed by atoms with E-state index in [1.54, 1.807) is 57.2 Å². The SMILES string of the molecule is COC(=O)c1ccc(C2CN(CC(F)F)CCN2Cc2c(OC)cc(C)c3c2ccn3C(=O)OC(C)(C)C)cc1NC(C)=O. The number of carbonyl (C=O) groups is 3. The summed E-state index contributed by atoms with van der Waals surface area (Å²) in [6.07, 6.45) is -1.32. The molecule has 1 aliphatic rings. The normalized spacial score (nSPS) is 16.3. The molecule has 0 bridgehead atoms. The second kappa shape index (κ2) is 13.3. The Morgan fingerprint density at radius 2 is 1.82 bits per heavy atom. The summed E-state index contributed by atoms with van der Waals surface area (Å²) in [7, 11) is 2.84. The van der Waals surface area contributed by atoms with Crippen LogP contribution in [0.5, 0.6) is 5.75 Å². The van der Waals surface area contributed by atoms with E-state index < -0.39 is 24.1 Å². The van der Waals surface area contributed by atoms with Crippen LogP contribution in [-0.4, -0.2) is 84.8 Å². The zero-order valence-electron chi connectivity index (χ0n) is 26.2. The van der Waals surface area contributed by atoms with Crippen LogP contribution in [0.25, 0.3) is 10.9 Å². The molecule has 10 nitrogen and oxygen atoms in total. The summed E-state index contributed by atoms with van der Waals surface area (Å²) >= 11 is 0. The first-order valence-corrected chi connectivity index (χ1v) is 14.4. The Hall–Kier alpha value is -4.03. The largest absolute Gasteiger partial charge is 0.496 e. The van der Waals surface area contributed by atoms with Crippen LogP contribution >= 0.6 is 0 Å². The second-order valence-corrected chi connectivity index (χ2v) is 11.9. The van der Waals surface area contributed by atoms with Crippen molar-refractivity contribution < 1.29 is 37.4 Å². The molecule has 1 N–H and O–H groups in total. The van der Waals surface area contributed by atoms with E-state index in [9.17, 15) is 23.2 Å². The Morgan fingerprint density at radius 3 is 2.43 bits per heavy atom. The highest BCUT2D eigenvalue weighted by Crippen LogP contribution is 2.37. The Labute approximate surface area is 255 Å². The van der Waals surface area contributed by atoms with Crippen LogP contribution in [0.2, 0.25) is 0 Å². The van der Waals surface area contributed by atoms with E-state index in [-0.39, 0.29) is 36.3 Å². The summed E-state index contributed by atoms with van der Waals surface area (Å²) in [6, 6.07) is 8.37. The standard InChI is InChI=1S/C32H40F2N4O6/c1-19-14-27(42-6)24(22-10-11-38(29(19)22)31(41)44-32(3,4)5)16-37-13-12-36(18-28(33)34)17-26(37)21-8-9-23(30(40)43-7)25(15-21)35-20(2)39/h8-11,14-15,26,28H,12-13,16-18H2,1-7H3,(H,35,39). The van der Waals surface area contributed by atoms with Gasteiger partial charge in [0.05, 0.1) is 37.5 Å². The topological polar surface area (TPSA) is 102 Å². The van der Waals surface area contributed by atoms with Crippen LogP contribution < -0.4 is 10.1 Å². The van der Waals surface area contributed by atoms with Gasteiger partial charge in [-0.1, -0.05) is 6.07 Å². The van der Waals surface area contributed by atoms with Crippen molar-refractivity contribution in [3.05, 3.63) is 58.8 Å². The van der Waals surface area contributed by atoms with E-state index in [4.69, 9.17) is 14.2 Å². The summed E-state index contributed by atoms with van der Waals surface area (Å²) in [5.74, 6) is -0.347. The smallest absolute Gasteiger partial charge is 0.419 e. The third-order valence-electron chi connectivity index (χ3n) is 7.52. The number of fused-ring (bicyclic) bond motifs is 1. The molecule has 0 aliphatic carbocycles. The molecule has 1 aromatic heterocycles. The second-order valence-electron chi connectivity index (χ2n) is 11.9. The first-order chi connectivity index (χ1) is 20.7. The molecular weight excluding hydrogens is 574 g/mol. The van der Waals surface area contributed by atoms with Crippen LogP contribution in [-0.2, 0) is 20.8 Å². The molecule has 1 atom stereocenters. The lowest BCUT2D eigenvalue weighted by atomic mass is 9.97. The van der Waals surface area contributed by atoms with Gasteiger partial charge in [-0.2, -0.15) is 0 Å².